The number of carbonyl (C=O) groups is 1. The van der Waals surface area contributed by atoms with Gasteiger partial charge in [0.25, 0.3) is 0 Å². The molecule has 0 aliphatic carbocycles. The van der Waals surface area contributed by atoms with Crippen LogP contribution in [0.1, 0.15) is 12.0 Å². The summed E-state index contributed by atoms with van der Waals surface area (Å²) in [6.45, 7) is -0.894. The molecule has 124 valence electrons. The van der Waals surface area contributed by atoms with Gasteiger partial charge in [0.05, 0.1) is 12.6 Å². The maximum absolute atomic E-state index is 12.7. The fourth-order valence-corrected chi connectivity index (χ4v) is 2.40. The van der Waals surface area contributed by atoms with Gasteiger partial charge >= 0.3 is 6.18 Å². The van der Waals surface area contributed by atoms with Crippen LogP contribution in [-0.4, -0.2) is 46.8 Å². The first-order chi connectivity index (χ1) is 9.73. The van der Waals surface area contributed by atoms with E-state index in [-0.39, 0.29) is 25.4 Å². The quantitative estimate of drug-likeness (QED) is 0.878. The number of carbonyl (C=O) groups excluding carboxylic acids is 1. The Morgan fingerprint density at radius 3 is 2.45 bits per heavy atom. The number of aliphatic hydroxyl groups is 1. The molecule has 1 amide bonds. The molecule has 2 atom stereocenters. The molecule has 1 heterocycles. The van der Waals surface area contributed by atoms with Gasteiger partial charge in [-0.05, 0) is 12.0 Å². The fourth-order valence-electron chi connectivity index (χ4n) is 2.40. The Hall–Kier alpha value is -1.31. The molecule has 0 radical (unpaired) electrons. The summed E-state index contributed by atoms with van der Waals surface area (Å²) in [7, 11) is 0. The predicted molar refractivity (Wildman–Crippen MR) is 77.6 cm³/mol. The number of hydrogen-bond acceptors (Lipinski definition) is 3. The number of hydrogen-bond donors (Lipinski definition) is 2. The minimum absolute atomic E-state index is 0. The highest BCUT2D eigenvalue weighted by Crippen LogP contribution is 2.37. The zero-order chi connectivity index (χ0) is 15.7. The first-order valence-electron chi connectivity index (χ1n) is 6.60. The van der Waals surface area contributed by atoms with E-state index in [1.54, 1.807) is 24.3 Å². The van der Waals surface area contributed by atoms with Gasteiger partial charge < -0.3 is 15.7 Å². The zero-order valence-electron chi connectivity index (χ0n) is 11.7. The second-order valence-corrected chi connectivity index (χ2v) is 5.34. The van der Waals surface area contributed by atoms with Crippen molar-refractivity contribution in [3.8, 4) is 0 Å². The lowest BCUT2D eigenvalue weighted by molar-refractivity contribution is -0.253. The number of β-amino-alcohol motifs (C(OH)–C–C–N with tert-alkyl or cyclic N) is 1. The lowest BCUT2D eigenvalue weighted by Gasteiger charge is -2.26. The Kier molecular flexibility index (Phi) is 5.83. The maximum atomic E-state index is 12.7. The van der Waals surface area contributed by atoms with E-state index in [1.165, 1.54) is 0 Å². The van der Waals surface area contributed by atoms with Gasteiger partial charge in [-0.1, -0.05) is 30.3 Å². The highest BCUT2D eigenvalue weighted by Gasteiger charge is 2.57. The first kappa shape index (κ1) is 18.7. The smallest absolute Gasteiger partial charge is 0.379 e. The van der Waals surface area contributed by atoms with Crippen LogP contribution in [0.5, 0.6) is 0 Å². The number of nitrogens with zero attached hydrogens (tertiary/aromatic N) is 1. The van der Waals surface area contributed by atoms with Crippen molar-refractivity contribution in [1.82, 2.24) is 4.90 Å². The van der Waals surface area contributed by atoms with Crippen LogP contribution in [-0.2, 0) is 11.2 Å². The second kappa shape index (κ2) is 6.85. The van der Waals surface area contributed by atoms with E-state index in [2.05, 4.69) is 0 Å². The van der Waals surface area contributed by atoms with Crippen molar-refractivity contribution in [2.24, 2.45) is 5.73 Å². The molecule has 22 heavy (non-hydrogen) atoms. The monoisotopic (exact) mass is 338 g/mol. The number of amides is 1. The second-order valence-electron chi connectivity index (χ2n) is 5.34. The van der Waals surface area contributed by atoms with Crippen LogP contribution in [0.3, 0.4) is 0 Å². The van der Waals surface area contributed by atoms with Crippen molar-refractivity contribution in [3.05, 3.63) is 35.9 Å². The molecule has 0 saturated carbocycles. The summed E-state index contributed by atoms with van der Waals surface area (Å²) in [5, 5.41) is 9.56. The van der Waals surface area contributed by atoms with Crippen molar-refractivity contribution < 1.29 is 23.1 Å². The normalized spacial score (nSPS) is 23.0. The minimum Gasteiger partial charge on any atom is -0.379 e. The average molecular weight is 339 g/mol. The Labute approximate surface area is 132 Å². The highest BCUT2D eigenvalue weighted by molar-refractivity contribution is 5.85. The predicted octanol–water partition coefficient (Wildman–Crippen LogP) is 1.50. The van der Waals surface area contributed by atoms with Gasteiger partial charge in [-0.25, -0.2) is 0 Å². The lowest BCUT2D eigenvalue weighted by atomic mass is 10.0. The topological polar surface area (TPSA) is 66.6 Å². The van der Waals surface area contributed by atoms with Gasteiger partial charge in [-0.15, -0.1) is 12.4 Å². The molecular weight excluding hydrogens is 321 g/mol. The van der Waals surface area contributed by atoms with Crippen molar-refractivity contribution in [2.75, 3.05) is 13.1 Å². The van der Waals surface area contributed by atoms with E-state index in [0.29, 0.717) is 0 Å². The molecule has 2 unspecified atom stereocenters. The Bertz CT molecular complexity index is 513. The van der Waals surface area contributed by atoms with Gasteiger partial charge in [0.1, 0.15) is 0 Å². The van der Waals surface area contributed by atoms with Crippen LogP contribution >= 0.6 is 12.4 Å². The molecule has 3 N–H and O–H groups in total. The standard InChI is InChI=1S/C14H17F3N2O2.ClH/c15-14(16,17)13(21)6-7-19(9-13)12(20)11(18)8-10-4-2-1-3-5-10;/h1-5,11,21H,6-9,18H2;1H. The van der Waals surface area contributed by atoms with E-state index >= 15 is 0 Å². The lowest BCUT2D eigenvalue weighted by Crippen LogP contribution is -2.50. The van der Waals surface area contributed by atoms with Crippen LogP contribution in [0.25, 0.3) is 0 Å². The van der Waals surface area contributed by atoms with E-state index in [9.17, 15) is 23.1 Å². The van der Waals surface area contributed by atoms with E-state index in [4.69, 9.17) is 5.73 Å². The number of nitrogens with two attached hydrogens (primary N) is 1. The van der Waals surface area contributed by atoms with Crippen molar-refractivity contribution in [1.29, 1.82) is 0 Å². The molecule has 0 bridgehead atoms. The number of alkyl halides is 3. The summed E-state index contributed by atoms with van der Waals surface area (Å²) >= 11 is 0. The number of likely N-dealkylation sites (tertiary alicyclic amines) is 1. The summed E-state index contributed by atoms with van der Waals surface area (Å²) in [6, 6.07) is 8.09. The van der Waals surface area contributed by atoms with Crippen LogP contribution in [0.15, 0.2) is 30.3 Å². The zero-order valence-corrected chi connectivity index (χ0v) is 12.5. The van der Waals surface area contributed by atoms with Gasteiger partial charge in [-0.3, -0.25) is 4.79 Å². The van der Waals surface area contributed by atoms with E-state index in [0.717, 1.165) is 10.5 Å². The van der Waals surface area contributed by atoms with E-state index in [1.807, 2.05) is 6.07 Å². The average Bonchev–Trinajstić information content (AvgIpc) is 2.82. The summed E-state index contributed by atoms with van der Waals surface area (Å²) in [6.07, 6.45) is -5.01. The molecule has 4 nitrogen and oxygen atoms in total. The largest absolute Gasteiger partial charge is 0.419 e. The van der Waals surface area contributed by atoms with Gasteiger partial charge in [-0.2, -0.15) is 13.2 Å². The Morgan fingerprint density at radius 1 is 1.36 bits per heavy atom. The Morgan fingerprint density at radius 2 is 1.95 bits per heavy atom. The molecule has 0 spiro atoms. The molecule has 2 rings (SSSR count). The van der Waals surface area contributed by atoms with Crippen LogP contribution in [0, 0.1) is 0 Å². The SMILES string of the molecule is Cl.NC(Cc1ccccc1)C(=O)N1CCC(O)(C(F)(F)F)C1. The summed E-state index contributed by atoms with van der Waals surface area (Å²) in [4.78, 5) is 13.1. The molecule has 1 saturated heterocycles. The van der Waals surface area contributed by atoms with E-state index < -0.39 is 36.7 Å². The first-order valence-corrected chi connectivity index (χ1v) is 6.60. The number of benzene rings is 1. The molecular formula is C14H18ClF3N2O2. The third kappa shape index (κ3) is 3.91. The van der Waals surface area contributed by atoms with Gasteiger partial charge in [0.15, 0.2) is 5.60 Å². The van der Waals surface area contributed by atoms with Crippen LogP contribution in [0.4, 0.5) is 13.2 Å². The molecule has 0 aromatic heterocycles. The van der Waals surface area contributed by atoms with Crippen molar-refractivity contribution in [2.45, 2.75) is 30.7 Å². The Balaban J connectivity index is 0.00000242. The summed E-state index contributed by atoms with van der Waals surface area (Å²) < 4.78 is 38.1. The molecule has 8 heteroatoms. The third-order valence-electron chi connectivity index (χ3n) is 3.70. The molecule has 1 aliphatic heterocycles. The summed E-state index contributed by atoms with van der Waals surface area (Å²) in [5.41, 5.74) is 3.79. The fraction of sp³-hybridized carbons (Fsp3) is 0.500. The molecule has 1 aliphatic rings. The van der Waals surface area contributed by atoms with Gasteiger partial charge in [0.2, 0.25) is 5.91 Å². The number of rotatable bonds is 3. The van der Waals surface area contributed by atoms with Crippen LogP contribution in [0.2, 0.25) is 0 Å². The molecule has 1 aromatic carbocycles. The molecule has 1 aromatic rings. The van der Waals surface area contributed by atoms with Crippen molar-refractivity contribution in [3.63, 3.8) is 0 Å². The highest BCUT2D eigenvalue weighted by atomic mass is 35.5. The number of halogens is 4. The van der Waals surface area contributed by atoms with Crippen molar-refractivity contribution >= 4 is 18.3 Å². The van der Waals surface area contributed by atoms with Gasteiger partial charge in [0, 0.05) is 13.0 Å². The van der Waals surface area contributed by atoms with Crippen LogP contribution < -0.4 is 5.73 Å². The summed E-state index contributed by atoms with van der Waals surface area (Å²) in [5.74, 6) is -0.570. The minimum atomic E-state index is -4.74. The maximum Gasteiger partial charge on any atom is 0.419 e. The molecule has 1 fully saturated rings. The third-order valence-corrected chi connectivity index (χ3v) is 3.70.